The maximum absolute atomic E-state index is 11.8. The molecule has 0 spiro atoms. The topological polar surface area (TPSA) is 64.0 Å². The van der Waals surface area contributed by atoms with Crippen LogP contribution in [0.2, 0.25) is 0 Å². The average molecular weight is 434 g/mol. The number of nitrogens with zero attached hydrogens (tertiary/aromatic N) is 2. The third kappa shape index (κ3) is 3.87. The molecule has 0 fully saturated rings. The highest BCUT2D eigenvalue weighted by atomic mass is 127. The minimum Gasteiger partial charge on any atom is -0.325 e. The first-order valence-corrected chi connectivity index (χ1v) is 7.19. The highest BCUT2D eigenvalue weighted by Crippen LogP contribution is 2.13. The van der Waals surface area contributed by atoms with Crippen LogP contribution in [0, 0.1) is 3.57 Å². The van der Waals surface area contributed by atoms with Gasteiger partial charge in [0.25, 0.3) is 5.56 Å². The smallest absolute Gasteiger partial charge is 0.267 e. The summed E-state index contributed by atoms with van der Waals surface area (Å²) < 4.78 is 2.69. The zero-order chi connectivity index (χ0) is 13.8. The lowest BCUT2D eigenvalue weighted by Gasteiger charge is -2.07. The van der Waals surface area contributed by atoms with E-state index in [0.717, 1.165) is 4.47 Å². The fraction of sp³-hybridized carbons (Fsp3) is 0.0833. The van der Waals surface area contributed by atoms with Crippen LogP contribution in [-0.4, -0.2) is 15.5 Å². The molecule has 0 aliphatic rings. The summed E-state index contributed by atoms with van der Waals surface area (Å²) in [4.78, 5) is 27.4. The van der Waals surface area contributed by atoms with Crippen LogP contribution >= 0.6 is 38.5 Å². The van der Waals surface area contributed by atoms with E-state index in [1.54, 1.807) is 12.1 Å². The van der Waals surface area contributed by atoms with Crippen molar-refractivity contribution < 1.29 is 4.79 Å². The zero-order valence-electron chi connectivity index (χ0n) is 9.64. The summed E-state index contributed by atoms with van der Waals surface area (Å²) in [5.41, 5.74) is 0.460. The van der Waals surface area contributed by atoms with E-state index in [1.165, 1.54) is 17.1 Å². The van der Waals surface area contributed by atoms with Crippen LogP contribution in [0.1, 0.15) is 0 Å². The van der Waals surface area contributed by atoms with Gasteiger partial charge >= 0.3 is 0 Å². The molecule has 0 radical (unpaired) electrons. The van der Waals surface area contributed by atoms with Crippen LogP contribution in [0.25, 0.3) is 0 Å². The summed E-state index contributed by atoms with van der Waals surface area (Å²) in [6.45, 7) is -0.0568. The lowest BCUT2D eigenvalue weighted by atomic mass is 10.3. The Hall–Kier alpha value is -1.22. The number of halogens is 2. The highest BCUT2D eigenvalue weighted by Gasteiger charge is 2.07. The Morgan fingerprint density at radius 2 is 2.05 bits per heavy atom. The number of amides is 1. The monoisotopic (exact) mass is 433 g/mol. The van der Waals surface area contributed by atoms with E-state index in [9.17, 15) is 9.59 Å². The van der Waals surface area contributed by atoms with E-state index in [0.29, 0.717) is 9.26 Å². The fourth-order valence-corrected chi connectivity index (χ4v) is 2.16. The summed E-state index contributed by atoms with van der Waals surface area (Å²) in [7, 11) is 0. The summed E-state index contributed by atoms with van der Waals surface area (Å²) in [5, 5.41) is 2.71. The molecule has 0 atom stereocenters. The van der Waals surface area contributed by atoms with Crippen molar-refractivity contribution in [2.45, 2.75) is 6.54 Å². The first-order valence-electron chi connectivity index (χ1n) is 5.31. The molecule has 0 aliphatic heterocycles. The molecule has 0 unspecified atom stereocenters. The molecule has 1 aromatic heterocycles. The Morgan fingerprint density at radius 1 is 1.37 bits per heavy atom. The fourth-order valence-electron chi connectivity index (χ4n) is 1.43. The molecule has 0 saturated carbocycles. The Balaban J connectivity index is 2.07. The molecule has 1 aromatic carbocycles. The van der Waals surface area contributed by atoms with Crippen molar-refractivity contribution in [3.63, 3.8) is 0 Å². The number of carbonyl (C=O) groups excluding carboxylic acids is 1. The lowest BCUT2D eigenvalue weighted by molar-refractivity contribution is -0.116. The molecule has 1 amide bonds. The molecule has 7 heteroatoms. The van der Waals surface area contributed by atoms with Crippen molar-refractivity contribution in [2.24, 2.45) is 0 Å². The molecule has 19 heavy (non-hydrogen) atoms. The van der Waals surface area contributed by atoms with Crippen molar-refractivity contribution in [1.82, 2.24) is 9.55 Å². The third-order valence-electron chi connectivity index (χ3n) is 2.30. The molecule has 2 rings (SSSR count). The lowest BCUT2D eigenvalue weighted by Crippen LogP contribution is -2.28. The predicted octanol–water partition coefficient (Wildman–Crippen LogP) is 2.25. The minimum atomic E-state index is -0.270. The van der Waals surface area contributed by atoms with Crippen molar-refractivity contribution in [2.75, 3.05) is 5.32 Å². The van der Waals surface area contributed by atoms with E-state index < -0.39 is 0 Å². The van der Waals surface area contributed by atoms with Gasteiger partial charge in [-0.3, -0.25) is 14.2 Å². The Bertz CT molecular complexity index is 655. The molecule has 1 N–H and O–H groups in total. The molecule has 98 valence electrons. The normalized spacial score (nSPS) is 10.2. The molecule has 1 heterocycles. The van der Waals surface area contributed by atoms with E-state index in [-0.39, 0.29) is 18.0 Å². The van der Waals surface area contributed by atoms with E-state index >= 15 is 0 Å². The van der Waals surface area contributed by atoms with Crippen LogP contribution in [0.5, 0.6) is 0 Å². The van der Waals surface area contributed by atoms with Gasteiger partial charge < -0.3 is 5.32 Å². The van der Waals surface area contributed by atoms with Gasteiger partial charge in [-0.1, -0.05) is 15.9 Å². The largest absolute Gasteiger partial charge is 0.325 e. The second-order valence-corrected chi connectivity index (χ2v) is 5.81. The van der Waals surface area contributed by atoms with Gasteiger partial charge in [0.05, 0.1) is 9.90 Å². The van der Waals surface area contributed by atoms with Gasteiger partial charge in [0.2, 0.25) is 5.91 Å². The minimum absolute atomic E-state index is 0.0568. The Kier molecular flexibility index (Phi) is 4.70. The number of nitrogens with one attached hydrogen (secondary N) is 1. The third-order valence-corrected chi connectivity index (χ3v) is 3.57. The van der Waals surface area contributed by atoms with Crippen molar-refractivity contribution in [1.29, 1.82) is 0 Å². The zero-order valence-corrected chi connectivity index (χ0v) is 13.4. The molecular formula is C12H9BrIN3O2. The first-order chi connectivity index (χ1) is 9.06. The van der Waals surface area contributed by atoms with Gasteiger partial charge in [-0.05, 0) is 46.9 Å². The summed E-state index contributed by atoms with van der Waals surface area (Å²) in [5.74, 6) is -0.270. The molecule has 2 aromatic rings. The van der Waals surface area contributed by atoms with Crippen LogP contribution in [0.3, 0.4) is 0 Å². The second kappa shape index (κ2) is 6.29. The van der Waals surface area contributed by atoms with Gasteiger partial charge in [-0.2, -0.15) is 0 Å². The molecule has 0 saturated heterocycles. The van der Waals surface area contributed by atoms with Crippen molar-refractivity contribution >= 4 is 50.1 Å². The number of hydrogen-bond acceptors (Lipinski definition) is 3. The maximum atomic E-state index is 11.8. The summed E-state index contributed by atoms with van der Waals surface area (Å²) >= 11 is 5.21. The number of benzene rings is 1. The number of carbonyl (C=O) groups is 1. The molecule has 5 nitrogen and oxygen atoms in total. The van der Waals surface area contributed by atoms with Crippen LogP contribution < -0.4 is 10.9 Å². The SMILES string of the molecule is O=C(Cn1cncc(I)c1=O)Nc1ccc(Br)cc1. The number of anilines is 1. The second-order valence-electron chi connectivity index (χ2n) is 3.73. The van der Waals surface area contributed by atoms with Crippen LogP contribution in [0.4, 0.5) is 5.69 Å². The van der Waals surface area contributed by atoms with Crippen molar-refractivity contribution in [3.8, 4) is 0 Å². The molecule has 0 bridgehead atoms. The standard InChI is InChI=1S/C12H9BrIN3O2/c13-8-1-3-9(4-2-8)16-11(18)6-17-7-15-5-10(14)12(17)19/h1-5,7H,6H2,(H,16,18). The number of rotatable bonds is 3. The average Bonchev–Trinajstić information content (AvgIpc) is 2.38. The van der Waals surface area contributed by atoms with Gasteiger partial charge in [0.15, 0.2) is 0 Å². The maximum Gasteiger partial charge on any atom is 0.267 e. The van der Waals surface area contributed by atoms with E-state index in [4.69, 9.17) is 0 Å². The molecule has 0 aliphatic carbocycles. The van der Waals surface area contributed by atoms with E-state index in [1.807, 2.05) is 34.7 Å². The van der Waals surface area contributed by atoms with Crippen LogP contribution in [-0.2, 0) is 11.3 Å². The van der Waals surface area contributed by atoms with E-state index in [2.05, 4.69) is 26.2 Å². The Morgan fingerprint density at radius 3 is 2.74 bits per heavy atom. The van der Waals surface area contributed by atoms with Gasteiger partial charge in [-0.15, -0.1) is 0 Å². The van der Waals surface area contributed by atoms with Gasteiger partial charge in [0, 0.05) is 16.4 Å². The van der Waals surface area contributed by atoms with Crippen molar-refractivity contribution in [3.05, 3.63) is 55.2 Å². The Labute approximate surface area is 131 Å². The summed E-state index contributed by atoms with van der Waals surface area (Å²) in [6, 6.07) is 7.21. The first kappa shape index (κ1) is 14.2. The summed E-state index contributed by atoms with van der Waals surface area (Å²) in [6.07, 6.45) is 2.82. The van der Waals surface area contributed by atoms with Crippen LogP contribution in [0.15, 0.2) is 46.1 Å². The number of aromatic nitrogens is 2. The highest BCUT2D eigenvalue weighted by molar-refractivity contribution is 14.1. The molecular weight excluding hydrogens is 425 g/mol. The number of hydrogen-bond donors (Lipinski definition) is 1. The quantitative estimate of drug-likeness (QED) is 0.755. The van der Waals surface area contributed by atoms with Gasteiger partial charge in [-0.25, -0.2) is 4.98 Å². The predicted molar refractivity (Wildman–Crippen MR) is 84.0 cm³/mol. The van der Waals surface area contributed by atoms with Gasteiger partial charge in [0.1, 0.15) is 6.54 Å².